The molecule has 102 valence electrons. The maximum Gasteiger partial charge on any atom is 0.417 e. The van der Waals surface area contributed by atoms with Crippen molar-refractivity contribution in [3.05, 3.63) is 69.2 Å². The van der Waals surface area contributed by atoms with Gasteiger partial charge in [0.2, 0.25) is 0 Å². The third-order valence-corrected chi connectivity index (χ3v) is 3.69. The Kier molecular flexibility index (Phi) is 2.95. The predicted molar refractivity (Wildman–Crippen MR) is 78.8 cm³/mol. The Bertz CT molecular complexity index is 830. The lowest BCUT2D eigenvalue weighted by Crippen LogP contribution is -2.12. The molecule has 0 saturated carbocycles. The van der Waals surface area contributed by atoms with Crippen molar-refractivity contribution in [1.82, 2.24) is 4.98 Å². The zero-order valence-corrected chi connectivity index (χ0v) is 11.4. The number of H-pyrrole nitrogens is 1. The van der Waals surface area contributed by atoms with Crippen molar-refractivity contribution in [2.75, 3.05) is 0 Å². The predicted octanol–water partition coefficient (Wildman–Crippen LogP) is 2.79. The number of hydrogen-bond donors (Lipinski definition) is 2. The van der Waals surface area contributed by atoms with Gasteiger partial charge in [0.05, 0.1) is 11.6 Å². The average Bonchev–Trinajstić information content (AvgIpc) is 2.80. The number of aromatic nitrogens is 1. The van der Waals surface area contributed by atoms with E-state index in [9.17, 15) is 4.79 Å². The van der Waals surface area contributed by atoms with Crippen molar-refractivity contribution >= 4 is 11.1 Å². The minimum atomic E-state index is -0.447. The molecule has 0 bridgehead atoms. The second-order valence-electron chi connectivity index (χ2n) is 5.09. The molecule has 0 amide bonds. The highest BCUT2D eigenvalue weighted by atomic mass is 16.4. The summed E-state index contributed by atoms with van der Waals surface area (Å²) in [4.78, 5) is 13.8. The van der Waals surface area contributed by atoms with E-state index >= 15 is 0 Å². The average molecular weight is 268 g/mol. The Hall–Kier alpha value is -2.33. The number of nitrogens with two attached hydrogens (primary N) is 1. The molecule has 0 saturated heterocycles. The Balaban J connectivity index is 2.04. The van der Waals surface area contributed by atoms with Crippen molar-refractivity contribution in [2.24, 2.45) is 5.73 Å². The zero-order chi connectivity index (χ0) is 14.3. The molecule has 3 N–H and O–H groups in total. The van der Waals surface area contributed by atoms with Crippen LogP contribution in [0.2, 0.25) is 0 Å². The third kappa shape index (κ3) is 2.14. The van der Waals surface area contributed by atoms with E-state index in [-0.39, 0.29) is 6.04 Å². The van der Waals surface area contributed by atoms with Crippen LogP contribution in [-0.2, 0) is 0 Å². The summed E-state index contributed by atoms with van der Waals surface area (Å²) >= 11 is 0. The van der Waals surface area contributed by atoms with Gasteiger partial charge in [-0.05, 0) is 48.2 Å². The first kappa shape index (κ1) is 12.7. The standard InChI is InChI=1S/C16H16N2O2/c1-9-3-4-11(7-10(9)2)15(17)12-5-6-13-14(8-12)20-16(19)18-13/h3-8,15H,17H2,1-2H3,(H,18,19). The highest BCUT2D eigenvalue weighted by molar-refractivity contribution is 5.73. The first-order valence-corrected chi connectivity index (χ1v) is 6.50. The summed E-state index contributed by atoms with van der Waals surface area (Å²) in [6.45, 7) is 4.14. The molecule has 20 heavy (non-hydrogen) atoms. The van der Waals surface area contributed by atoms with Crippen LogP contribution in [0.4, 0.5) is 0 Å². The maximum absolute atomic E-state index is 11.2. The summed E-state index contributed by atoms with van der Waals surface area (Å²) in [5.74, 6) is -0.447. The van der Waals surface area contributed by atoms with Gasteiger partial charge in [-0.3, -0.25) is 4.98 Å². The molecule has 1 unspecified atom stereocenters. The fourth-order valence-corrected chi connectivity index (χ4v) is 2.31. The number of nitrogens with one attached hydrogen (secondary N) is 1. The van der Waals surface area contributed by atoms with E-state index in [1.165, 1.54) is 11.1 Å². The number of rotatable bonds is 2. The molecule has 0 aliphatic carbocycles. The number of aryl methyl sites for hydroxylation is 2. The van der Waals surface area contributed by atoms with Gasteiger partial charge in [0.25, 0.3) is 0 Å². The molecule has 3 aromatic rings. The van der Waals surface area contributed by atoms with Crippen LogP contribution in [0.15, 0.2) is 45.6 Å². The van der Waals surface area contributed by atoms with Gasteiger partial charge in [-0.2, -0.15) is 0 Å². The van der Waals surface area contributed by atoms with E-state index in [1.807, 2.05) is 24.3 Å². The molecule has 1 atom stereocenters. The largest absolute Gasteiger partial charge is 0.417 e. The normalized spacial score (nSPS) is 12.8. The van der Waals surface area contributed by atoms with E-state index in [4.69, 9.17) is 10.2 Å². The van der Waals surface area contributed by atoms with E-state index < -0.39 is 5.76 Å². The third-order valence-electron chi connectivity index (χ3n) is 3.69. The quantitative estimate of drug-likeness (QED) is 0.750. The first-order valence-electron chi connectivity index (χ1n) is 6.50. The van der Waals surface area contributed by atoms with Gasteiger partial charge < -0.3 is 10.2 Å². The molecule has 0 aliphatic heterocycles. The first-order chi connectivity index (χ1) is 9.54. The molecular weight excluding hydrogens is 252 g/mol. The smallest absolute Gasteiger partial charge is 0.408 e. The van der Waals surface area contributed by atoms with Crippen LogP contribution in [0.3, 0.4) is 0 Å². The van der Waals surface area contributed by atoms with Gasteiger partial charge >= 0.3 is 5.76 Å². The molecule has 4 nitrogen and oxygen atoms in total. The lowest BCUT2D eigenvalue weighted by atomic mass is 9.96. The van der Waals surface area contributed by atoms with E-state index in [2.05, 4.69) is 31.0 Å². The molecule has 4 heteroatoms. The Labute approximate surface area is 116 Å². The van der Waals surface area contributed by atoms with Crippen LogP contribution in [0.5, 0.6) is 0 Å². The number of benzene rings is 2. The van der Waals surface area contributed by atoms with Crippen molar-refractivity contribution in [3.8, 4) is 0 Å². The van der Waals surface area contributed by atoms with Gasteiger partial charge in [0.15, 0.2) is 5.58 Å². The summed E-state index contributed by atoms with van der Waals surface area (Å²) in [6, 6.07) is 11.5. The SMILES string of the molecule is Cc1ccc(C(N)c2ccc3[nH]c(=O)oc3c2)cc1C. The van der Waals surface area contributed by atoms with Crippen LogP contribution in [0, 0.1) is 13.8 Å². The van der Waals surface area contributed by atoms with Crippen molar-refractivity contribution < 1.29 is 4.42 Å². The van der Waals surface area contributed by atoms with Gasteiger partial charge in [0.1, 0.15) is 0 Å². The fourth-order valence-electron chi connectivity index (χ4n) is 2.31. The van der Waals surface area contributed by atoms with Gasteiger partial charge in [-0.25, -0.2) is 4.79 Å². The summed E-state index contributed by atoms with van der Waals surface area (Å²) in [6.07, 6.45) is 0. The number of fused-ring (bicyclic) bond motifs is 1. The fraction of sp³-hybridized carbons (Fsp3) is 0.188. The van der Waals surface area contributed by atoms with Crippen LogP contribution in [0.25, 0.3) is 11.1 Å². The van der Waals surface area contributed by atoms with Gasteiger partial charge in [0, 0.05) is 0 Å². The molecule has 0 fully saturated rings. The lowest BCUT2D eigenvalue weighted by Gasteiger charge is -2.14. The Morgan fingerprint density at radius 1 is 1.05 bits per heavy atom. The second kappa shape index (κ2) is 4.65. The monoisotopic (exact) mass is 268 g/mol. The number of oxazole rings is 1. The van der Waals surface area contributed by atoms with Crippen LogP contribution in [-0.4, -0.2) is 4.98 Å². The summed E-state index contributed by atoms with van der Waals surface area (Å²) in [5, 5.41) is 0. The Morgan fingerprint density at radius 2 is 1.75 bits per heavy atom. The molecule has 3 rings (SSSR count). The lowest BCUT2D eigenvalue weighted by molar-refractivity contribution is 0.555. The minimum Gasteiger partial charge on any atom is -0.408 e. The van der Waals surface area contributed by atoms with Crippen molar-refractivity contribution in [1.29, 1.82) is 0 Å². The van der Waals surface area contributed by atoms with E-state index in [0.29, 0.717) is 11.1 Å². The van der Waals surface area contributed by atoms with Gasteiger partial charge in [-0.15, -0.1) is 0 Å². The zero-order valence-electron chi connectivity index (χ0n) is 11.4. The highest BCUT2D eigenvalue weighted by Crippen LogP contribution is 2.24. The van der Waals surface area contributed by atoms with Crippen molar-refractivity contribution in [2.45, 2.75) is 19.9 Å². The topological polar surface area (TPSA) is 72.0 Å². The molecular formula is C16H16N2O2. The molecule has 0 spiro atoms. The molecule has 0 aliphatic rings. The molecule has 0 radical (unpaired) electrons. The van der Waals surface area contributed by atoms with Crippen molar-refractivity contribution in [3.63, 3.8) is 0 Å². The van der Waals surface area contributed by atoms with Crippen LogP contribution >= 0.6 is 0 Å². The van der Waals surface area contributed by atoms with Crippen LogP contribution < -0.4 is 11.5 Å². The summed E-state index contributed by atoms with van der Waals surface area (Å²) in [7, 11) is 0. The number of hydrogen-bond acceptors (Lipinski definition) is 3. The summed E-state index contributed by atoms with van der Waals surface area (Å²) < 4.78 is 5.07. The summed E-state index contributed by atoms with van der Waals surface area (Å²) in [5.41, 5.74) is 11.9. The number of aromatic amines is 1. The highest BCUT2D eigenvalue weighted by Gasteiger charge is 2.11. The van der Waals surface area contributed by atoms with Crippen LogP contribution in [0.1, 0.15) is 28.3 Å². The van der Waals surface area contributed by atoms with E-state index in [0.717, 1.165) is 11.1 Å². The minimum absolute atomic E-state index is 0.237. The molecule has 1 heterocycles. The second-order valence-corrected chi connectivity index (χ2v) is 5.09. The van der Waals surface area contributed by atoms with Gasteiger partial charge in [-0.1, -0.05) is 24.3 Å². The maximum atomic E-state index is 11.2. The van der Waals surface area contributed by atoms with E-state index in [1.54, 1.807) is 0 Å². The Morgan fingerprint density at radius 3 is 2.50 bits per heavy atom. The molecule has 2 aromatic carbocycles. The molecule has 1 aromatic heterocycles.